The molecule has 26 valence electrons. The Kier molecular flexibility index (Phi) is 6.75. The van der Waals surface area contributed by atoms with E-state index in [0.29, 0.717) is 0 Å². The third-order valence-electron chi connectivity index (χ3n) is 0.0645. The summed E-state index contributed by atoms with van der Waals surface area (Å²) in [5.41, 5.74) is 0. The number of hydrogen-bond acceptors (Lipinski definition) is 0. The Hall–Kier alpha value is 1.72. The number of rotatable bonds is 1. The van der Waals surface area contributed by atoms with Crippen LogP contribution in [0.25, 0.3) is 0 Å². The lowest BCUT2D eigenvalue weighted by molar-refractivity contribution is 5.30. The Morgan fingerprint density at radius 1 is 1.75 bits per heavy atom. The van der Waals surface area contributed by atoms with Gasteiger partial charge >= 0.3 is 0 Å². The van der Waals surface area contributed by atoms with E-state index in [0.717, 1.165) is 15.9 Å². The van der Waals surface area contributed by atoms with Gasteiger partial charge in [-0.1, -0.05) is 0 Å². The van der Waals surface area contributed by atoms with Crippen LogP contribution in [0.2, 0.25) is 0 Å². The molecule has 0 N–H and O–H groups in total. The number of hydrogen-bond donors (Lipinski definition) is 0. The van der Waals surface area contributed by atoms with Gasteiger partial charge in [0, 0.05) is 0 Å². The zero-order chi connectivity index (χ0) is 3.41. The second-order valence-corrected chi connectivity index (χ2v) is 6.92. The molecular formula is H4P4-2. The van der Waals surface area contributed by atoms with Gasteiger partial charge in [-0.3, -0.25) is 0 Å². The lowest BCUT2D eigenvalue weighted by atomic mass is 29.4. The maximum absolute atomic E-state index is 3.94. The second kappa shape index (κ2) is 4.72. The summed E-state index contributed by atoms with van der Waals surface area (Å²) in [4.78, 5) is 0. The molecule has 0 heterocycles. The fourth-order valence-corrected chi connectivity index (χ4v) is 0. The summed E-state index contributed by atoms with van der Waals surface area (Å²) in [6.07, 6.45) is 0. The van der Waals surface area contributed by atoms with Crippen LogP contribution in [-0.4, -0.2) is 0 Å². The predicted molar refractivity (Wildman–Crippen MR) is 33.3 cm³/mol. The van der Waals surface area contributed by atoms with Crippen LogP contribution < -0.4 is 0 Å². The third kappa shape index (κ3) is 3.72. The normalized spacial score (nSPS) is 13.5. The van der Waals surface area contributed by atoms with Gasteiger partial charge in [0.1, 0.15) is 0 Å². The topological polar surface area (TPSA) is 0 Å². The van der Waals surface area contributed by atoms with Crippen molar-refractivity contribution in [3.05, 3.63) is 0 Å². The minimum atomic E-state index is 0.826. The second-order valence-electron chi connectivity index (χ2n) is 0.256. The fraction of sp³-hybridized carbons (Fsp3) is 0. The van der Waals surface area contributed by atoms with Crippen LogP contribution in [0.1, 0.15) is 0 Å². The van der Waals surface area contributed by atoms with Gasteiger partial charge in [-0.2, -0.15) is 0 Å². The summed E-state index contributed by atoms with van der Waals surface area (Å²) in [6, 6.07) is 0. The molecule has 0 aromatic carbocycles. The van der Waals surface area contributed by atoms with Crippen LogP contribution >= 0.6 is 33.8 Å². The van der Waals surface area contributed by atoms with Crippen molar-refractivity contribution < 1.29 is 0 Å². The average Bonchev–Trinajstić information content (AvgIpc) is 1.37. The Labute approximate surface area is 34.5 Å². The first-order valence-electron chi connectivity index (χ1n) is 0.762. The average molecular weight is 128 g/mol. The van der Waals surface area contributed by atoms with E-state index in [1.165, 1.54) is 0 Å². The van der Waals surface area contributed by atoms with Crippen LogP contribution in [0.5, 0.6) is 0 Å². The monoisotopic (exact) mass is 128 g/mol. The molecule has 0 rings (SSSR count). The summed E-state index contributed by atoms with van der Waals surface area (Å²) in [7, 11) is 8.33. The minimum absolute atomic E-state index is 0.826. The molecule has 0 saturated carbocycles. The van der Waals surface area contributed by atoms with Gasteiger partial charge in [-0.15, -0.1) is 16.9 Å². The zero-order valence-corrected chi connectivity index (χ0v) is 6.07. The molecular weight excluding hydrogens is 124 g/mol. The van der Waals surface area contributed by atoms with E-state index in [4.69, 9.17) is 0 Å². The van der Waals surface area contributed by atoms with Gasteiger partial charge in [-0.25, -0.2) is 0 Å². The Balaban J connectivity index is 1.97. The van der Waals surface area contributed by atoms with Gasteiger partial charge in [0.05, 0.1) is 0 Å². The first-order chi connectivity index (χ1) is 1.91. The van der Waals surface area contributed by atoms with E-state index >= 15 is 0 Å². The van der Waals surface area contributed by atoms with Crippen molar-refractivity contribution in [1.82, 2.24) is 0 Å². The van der Waals surface area contributed by atoms with Gasteiger partial charge < -0.3 is 16.9 Å². The summed E-state index contributed by atoms with van der Waals surface area (Å²) in [5.74, 6) is 0. The molecule has 4 heavy (non-hydrogen) atoms. The van der Waals surface area contributed by atoms with Crippen molar-refractivity contribution in [2.75, 3.05) is 0 Å². The summed E-state index contributed by atoms with van der Waals surface area (Å²) >= 11 is 0. The molecule has 0 spiro atoms. The minimum Gasteiger partial charge on any atom is -1.45 e. The van der Waals surface area contributed by atoms with Gasteiger partial charge in [0.15, 0.2) is 0 Å². The van der Waals surface area contributed by atoms with Gasteiger partial charge in [0.25, 0.3) is 0 Å². The molecule has 0 nitrogen and oxygen atoms in total. The molecule has 4 heteroatoms. The third-order valence-corrected chi connectivity index (χ3v) is 5.23. The molecule has 0 aliphatic heterocycles. The van der Waals surface area contributed by atoms with Crippen LogP contribution in [0.4, 0.5) is 0 Å². The quantitative estimate of drug-likeness (QED) is 0.475. The Bertz CT molecular complexity index is 2.00. The van der Waals surface area contributed by atoms with Crippen LogP contribution in [0.15, 0.2) is 0 Å². The predicted octanol–water partition coefficient (Wildman–Crippen LogP) is 2.37. The lowest BCUT2D eigenvalue weighted by Crippen LogP contribution is -0.756. The van der Waals surface area contributed by atoms with E-state index in [1.807, 2.05) is 0 Å². The molecule has 3 atom stereocenters. The van der Waals surface area contributed by atoms with E-state index < -0.39 is 0 Å². The Morgan fingerprint density at radius 3 is 2.00 bits per heavy atom. The van der Waals surface area contributed by atoms with Crippen LogP contribution in [0.3, 0.4) is 0 Å². The molecule has 0 amide bonds. The summed E-state index contributed by atoms with van der Waals surface area (Å²) < 4.78 is 0. The van der Waals surface area contributed by atoms with Crippen molar-refractivity contribution in [3.8, 4) is 0 Å². The fourth-order valence-electron chi connectivity index (χ4n) is 0. The van der Waals surface area contributed by atoms with Crippen molar-refractivity contribution >= 4 is 33.8 Å². The summed E-state index contributed by atoms with van der Waals surface area (Å²) in [6.45, 7) is 0. The highest BCUT2D eigenvalue weighted by Crippen LogP contribution is 2.48. The van der Waals surface area contributed by atoms with Crippen LogP contribution in [-0.2, 0) is 0 Å². The maximum atomic E-state index is 3.94. The molecule has 3 unspecified atom stereocenters. The first kappa shape index (κ1) is 5.72. The Morgan fingerprint density at radius 2 is 2.00 bits per heavy atom. The zero-order valence-electron chi connectivity index (χ0n) is 2.02. The van der Waals surface area contributed by atoms with E-state index in [-0.39, 0.29) is 0 Å². The molecule has 0 aliphatic carbocycles. The van der Waals surface area contributed by atoms with Crippen LogP contribution in [0, 0.1) is 0 Å². The highest BCUT2D eigenvalue weighted by molar-refractivity contribution is 8.54. The molecule has 0 aromatic heterocycles. The first-order valence-corrected chi connectivity index (χ1v) is 6.86. The smallest absolute Gasteiger partial charge is 0.115 e. The largest absolute Gasteiger partial charge is 1.45 e. The standard InChI is InChI=1S/H4P4/c1-3-4-2/h3-4H,1H2/q-2. The molecule has 0 saturated heterocycles. The van der Waals surface area contributed by atoms with Crippen molar-refractivity contribution in [3.63, 3.8) is 0 Å². The highest BCUT2D eigenvalue weighted by atomic mass is 32.6. The van der Waals surface area contributed by atoms with Gasteiger partial charge in [0.2, 0.25) is 0 Å². The van der Waals surface area contributed by atoms with Crippen molar-refractivity contribution in [2.24, 2.45) is 0 Å². The summed E-state index contributed by atoms with van der Waals surface area (Å²) in [5, 5.41) is 0. The SMILES string of the molecule is [P-2]PPP. The van der Waals surface area contributed by atoms with Crippen molar-refractivity contribution in [2.45, 2.75) is 0 Å². The van der Waals surface area contributed by atoms with E-state index in [2.05, 4.69) is 17.9 Å². The molecule has 0 bridgehead atoms. The van der Waals surface area contributed by atoms with Crippen molar-refractivity contribution in [1.29, 1.82) is 0 Å². The van der Waals surface area contributed by atoms with E-state index in [9.17, 15) is 0 Å². The lowest BCUT2D eigenvalue weighted by Gasteiger charge is -2.28. The van der Waals surface area contributed by atoms with Gasteiger partial charge in [-0.05, 0) is 0 Å². The molecule has 0 radical (unpaired) electrons. The van der Waals surface area contributed by atoms with E-state index in [1.54, 1.807) is 0 Å². The molecule has 0 fully saturated rings. The maximum Gasteiger partial charge on any atom is -0.115 e. The highest BCUT2D eigenvalue weighted by Gasteiger charge is 1.29. The molecule has 0 aliphatic rings. The molecule has 0 aromatic rings.